The molecule has 0 bridgehead atoms. The van der Waals surface area contributed by atoms with Crippen molar-refractivity contribution in [1.29, 1.82) is 0 Å². The van der Waals surface area contributed by atoms with E-state index in [1.807, 2.05) is 6.07 Å². The lowest BCUT2D eigenvalue weighted by molar-refractivity contribution is 0.461. The van der Waals surface area contributed by atoms with Crippen LogP contribution in [0.25, 0.3) is 0 Å². The molecule has 0 saturated heterocycles. The van der Waals surface area contributed by atoms with Gasteiger partial charge in [0.2, 0.25) is 0 Å². The van der Waals surface area contributed by atoms with Crippen molar-refractivity contribution in [1.82, 2.24) is 9.97 Å². The van der Waals surface area contributed by atoms with Crippen LogP contribution >= 0.6 is 11.6 Å². The van der Waals surface area contributed by atoms with E-state index in [2.05, 4.69) is 29.1 Å². The molecule has 0 aromatic carbocycles. The summed E-state index contributed by atoms with van der Waals surface area (Å²) in [6, 6.07) is 2.39. The number of aromatic nitrogens is 2. The third kappa shape index (κ3) is 4.13. The molecule has 1 aliphatic rings. The molecule has 100 valence electrons. The average molecular weight is 268 g/mol. The summed E-state index contributed by atoms with van der Waals surface area (Å²) in [7, 11) is 0. The molecule has 1 heterocycles. The summed E-state index contributed by atoms with van der Waals surface area (Å²) in [5.41, 5.74) is 0. The van der Waals surface area contributed by atoms with Gasteiger partial charge in [-0.15, -0.1) is 0 Å². The highest BCUT2D eigenvalue weighted by molar-refractivity contribution is 6.29. The first-order valence-electron chi connectivity index (χ1n) is 6.93. The molecule has 0 radical (unpaired) electrons. The van der Waals surface area contributed by atoms with Crippen LogP contribution in [0, 0.1) is 5.92 Å². The van der Waals surface area contributed by atoms with Crippen LogP contribution in [0.1, 0.15) is 51.8 Å². The van der Waals surface area contributed by atoms with Crippen LogP contribution in [0.15, 0.2) is 6.07 Å². The fourth-order valence-corrected chi connectivity index (χ4v) is 2.65. The van der Waals surface area contributed by atoms with Crippen LogP contribution in [0.4, 0.5) is 5.82 Å². The molecule has 1 aliphatic carbocycles. The van der Waals surface area contributed by atoms with Gasteiger partial charge in [0.15, 0.2) is 0 Å². The Bertz CT molecular complexity index is 387. The Morgan fingerprint density at radius 3 is 2.67 bits per heavy atom. The van der Waals surface area contributed by atoms with Crippen LogP contribution in [0.5, 0.6) is 0 Å². The van der Waals surface area contributed by atoms with E-state index in [4.69, 9.17) is 11.6 Å². The lowest BCUT2D eigenvalue weighted by Gasteiger charge is -2.23. The van der Waals surface area contributed by atoms with Crippen LogP contribution in [-0.2, 0) is 6.42 Å². The molecule has 4 heteroatoms. The summed E-state index contributed by atoms with van der Waals surface area (Å²) < 4.78 is 0. The predicted octanol–water partition coefficient (Wildman–Crippen LogP) is 4.07. The standard InChI is InChI=1S/C14H22ClN3/c1-10(2)8-13-17-12(15)9-14(18-13)16-11-6-4-3-5-7-11/h9-11H,3-8H2,1-2H3,(H,16,17,18). The molecule has 0 atom stereocenters. The third-order valence-corrected chi connectivity index (χ3v) is 3.48. The van der Waals surface area contributed by atoms with E-state index in [0.717, 1.165) is 18.1 Å². The molecule has 1 N–H and O–H groups in total. The topological polar surface area (TPSA) is 37.8 Å². The Balaban J connectivity index is 2.04. The Morgan fingerprint density at radius 2 is 2.00 bits per heavy atom. The average Bonchev–Trinajstić information content (AvgIpc) is 2.28. The van der Waals surface area contributed by atoms with Crippen LogP contribution in [0.2, 0.25) is 5.15 Å². The Hall–Kier alpha value is -0.830. The summed E-state index contributed by atoms with van der Waals surface area (Å²) in [6.07, 6.45) is 7.34. The van der Waals surface area contributed by atoms with Crippen molar-refractivity contribution < 1.29 is 0 Å². The Labute approximate surface area is 114 Å². The maximum absolute atomic E-state index is 6.06. The van der Waals surface area contributed by atoms with Crippen molar-refractivity contribution >= 4 is 17.4 Å². The summed E-state index contributed by atoms with van der Waals surface area (Å²) in [5, 5.41) is 4.04. The van der Waals surface area contributed by atoms with Crippen molar-refractivity contribution in [2.75, 3.05) is 5.32 Å². The molecular formula is C14H22ClN3. The van der Waals surface area contributed by atoms with Gasteiger partial charge < -0.3 is 5.32 Å². The fourth-order valence-electron chi connectivity index (χ4n) is 2.45. The van der Waals surface area contributed by atoms with Gasteiger partial charge in [0.25, 0.3) is 0 Å². The van der Waals surface area contributed by atoms with Crippen LogP contribution in [0.3, 0.4) is 0 Å². The smallest absolute Gasteiger partial charge is 0.134 e. The van der Waals surface area contributed by atoms with E-state index in [0.29, 0.717) is 17.1 Å². The van der Waals surface area contributed by atoms with Crippen molar-refractivity contribution in [3.8, 4) is 0 Å². The molecule has 18 heavy (non-hydrogen) atoms. The highest BCUT2D eigenvalue weighted by Crippen LogP contribution is 2.22. The van der Waals surface area contributed by atoms with E-state index in [-0.39, 0.29) is 0 Å². The van der Waals surface area contributed by atoms with E-state index in [9.17, 15) is 0 Å². The zero-order valence-electron chi connectivity index (χ0n) is 11.2. The van der Waals surface area contributed by atoms with E-state index in [1.54, 1.807) is 0 Å². The van der Waals surface area contributed by atoms with Gasteiger partial charge in [-0.2, -0.15) is 0 Å². The minimum atomic E-state index is 0.541. The monoisotopic (exact) mass is 267 g/mol. The first-order valence-corrected chi connectivity index (χ1v) is 7.31. The van der Waals surface area contributed by atoms with Gasteiger partial charge >= 0.3 is 0 Å². The highest BCUT2D eigenvalue weighted by Gasteiger charge is 2.14. The molecule has 0 aliphatic heterocycles. The number of halogens is 1. The second-order valence-corrected chi connectivity index (χ2v) is 5.96. The minimum Gasteiger partial charge on any atom is -0.367 e. The van der Waals surface area contributed by atoms with Gasteiger partial charge in [-0.1, -0.05) is 44.7 Å². The number of nitrogens with one attached hydrogen (secondary N) is 1. The summed E-state index contributed by atoms with van der Waals surface area (Å²) in [6.45, 7) is 4.33. The lowest BCUT2D eigenvalue weighted by Crippen LogP contribution is -2.23. The van der Waals surface area contributed by atoms with Gasteiger partial charge in [0.05, 0.1) is 0 Å². The van der Waals surface area contributed by atoms with Crippen LogP contribution < -0.4 is 5.32 Å². The maximum atomic E-state index is 6.06. The van der Waals surface area contributed by atoms with Gasteiger partial charge in [-0.3, -0.25) is 0 Å². The van der Waals surface area contributed by atoms with Crippen molar-refractivity contribution in [2.45, 2.75) is 58.4 Å². The molecule has 0 amide bonds. The zero-order valence-corrected chi connectivity index (χ0v) is 12.0. The summed E-state index contributed by atoms with van der Waals surface area (Å²) >= 11 is 6.06. The molecule has 3 nitrogen and oxygen atoms in total. The summed E-state index contributed by atoms with van der Waals surface area (Å²) in [5.74, 6) is 2.28. The number of hydrogen-bond acceptors (Lipinski definition) is 3. The Kier molecular flexibility index (Phi) is 4.81. The van der Waals surface area contributed by atoms with E-state index < -0.39 is 0 Å². The minimum absolute atomic E-state index is 0.541. The van der Waals surface area contributed by atoms with E-state index >= 15 is 0 Å². The number of hydrogen-bond donors (Lipinski definition) is 1. The molecule has 0 unspecified atom stereocenters. The first-order chi connectivity index (χ1) is 8.63. The predicted molar refractivity (Wildman–Crippen MR) is 76.1 cm³/mol. The van der Waals surface area contributed by atoms with Gasteiger partial charge in [0, 0.05) is 18.5 Å². The second-order valence-electron chi connectivity index (χ2n) is 5.57. The maximum Gasteiger partial charge on any atom is 0.134 e. The number of anilines is 1. The molecule has 1 saturated carbocycles. The normalized spacial score (nSPS) is 17.1. The molecule has 1 aromatic heterocycles. The van der Waals surface area contributed by atoms with Crippen molar-refractivity contribution in [2.24, 2.45) is 5.92 Å². The quantitative estimate of drug-likeness (QED) is 0.836. The van der Waals surface area contributed by atoms with Gasteiger partial charge in [0.1, 0.15) is 16.8 Å². The Morgan fingerprint density at radius 1 is 1.28 bits per heavy atom. The molecule has 0 spiro atoms. The van der Waals surface area contributed by atoms with Gasteiger partial charge in [-0.05, 0) is 18.8 Å². The number of rotatable bonds is 4. The van der Waals surface area contributed by atoms with Crippen molar-refractivity contribution in [3.63, 3.8) is 0 Å². The molecule has 1 fully saturated rings. The largest absolute Gasteiger partial charge is 0.367 e. The first kappa shape index (κ1) is 13.6. The number of nitrogens with zero attached hydrogens (tertiary/aromatic N) is 2. The lowest BCUT2D eigenvalue weighted by atomic mass is 9.95. The molecule has 1 aromatic rings. The van der Waals surface area contributed by atoms with E-state index in [1.165, 1.54) is 32.1 Å². The third-order valence-electron chi connectivity index (χ3n) is 3.29. The second kappa shape index (κ2) is 6.37. The molecular weight excluding hydrogens is 246 g/mol. The van der Waals surface area contributed by atoms with Crippen LogP contribution in [-0.4, -0.2) is 16.0 Å². The van der Waals surface area contributed by atoms with Crippen molar-refractivity contribution in [3.05, 3.63) is 17.0 Å². The highest BCUT2D eigenvalue weighted by atomic mass is 35.5. The fraction of sp³-hybridized carbons (Fsp3) is 0.714. The zero-order chi connectivity index (χ0) is 13.0. The van der Waals surface area contributed by atoms with Gasteiger partial charge in [-0.25, -0.2) is 9.97 Å². The SMILES string of the molecule is CC(C)Cc1nc(Cl)cc(NC2CCCCC2)n1. The summed E-state index contributed by atoms with van der Waals surface area (Å²) in [4.78, 5) is 8.84. The molecule has 2 rings (SSSR count).